The SMILES string of the molecule is CC(COCCOC(C)(C)C(C)C)C(C)(C)N. The van der Waals surface area contributed by atoms with Crippen LogP contribution < -0.4 is 5.73 Å². The molecule has 0 radical (unpaired) electrons. The van der Waals surface area contributed by atoms with Gasteiger partial charge in [0.1, 0.15) is 0 Å². The maximum Gasteiger partial charge on any atom is 0.0707 e. The minimum Gasteiger partial charge on any atom is -0.379 e. The molecule has 0 aromatic heterocycles. The van der Waals surface area contributed by atoms with Crippen molar-refractivity contribution in [2.45, 2.75) is 59.6 Å². The number of rotatable bonds is 8. The summed E-state index contributed by atoms with van der Waals surface area (Å²) in [6.45, 7) is 16.7. The summed E-state index contributed by atoms with van der Waals surface area (Å²) in [7, 11) is 0. The molecule has 0 saturated heterocycles. The Morgan fingerprint density at radius 2 is 1.53 bits per heavy atom. The van der Waals surface area contributed by atoms with Gasteiger partial charge in [-0.3, -0.25) is 0 Å². The molecule has 2 N–H and O–H groups in total. The lowest BCUT2D eigenvalue weighted by Crippen LogP contribution is -2.41. The van der Waals surface area contributed by atoms with Gasteiger partial charge in [0.05, 0.1) is 25.4 Å². The van der Waals surface area contributed by atoms with Gasteiger partial charge in [-0.2, -0.15) is 0 Å². The van der Waals surface area contributed by atoms with Crippen LogP contribution in [0.3, 0.4) is 0 Å². The van der Waals surface area contributed by atoms with Crippen LogP contribution in [0.1, 0.15) is 48.5 Å². The van der Waals surface area contributed by atoms with E-state index in [4.69, 9.17) is 15.2 Å². The molecule has 0 rings (SSSR count). The van der Waals surface area contributed by atoms with Gasteiger partial charge in [0.15, 0.2) is 0 Å². The van der Waals surface area contributed by atoms with Crippen LogP contribution in [0.15, 0.2) is 0 Å². The van der Waals surface area contributed by atoms with Gasteiger partial charge in [-0.25, -0.2) is 0 Å². The van der Waals surface area contributed by atoms with E-state index in [1.165, 1.54) is 0 Å². The van der Waals surface area contributed by atoms with Crippen LogP contribution in [-0.2, 0) is 9.47 Å². The Morgan fingerprint density at radius 3 is 1.94 bits per heavy atom. The molecular weight excluding hydrogens is 214 g/mol. The van der Waals surface area contributed by atoms with E-state index >= 15 is 0 Å². The van der Waals surface area contributed by atoms with Gasteiger partial charge >= 0.3 is 0 Å². The smallest absolute Gasteiger partial charge is 0.0707 e. The normalized spacial score (nSPS) is 15.4. The summed E-state index contributed by atoms with van der Waals surface area (Å²) in [5, 5.41) is 0. The van der Waals surface area contributed by atoms with Crippen molar-refractivity contribution in [1.29, 1.82) is 0 Å². The third-order valence-corrected chi connectivity index (χ3v) is 3.73. The van der Waals surface area contributed by atoms with Crippen LogP contribution in [0.4, 0.5) is 0 Å². The topological polar surface area (TPSA) is 44.5 Å². The second kappa shape index (κ2) is 6.72. The molecule has 0 spiro atoms. The molecule has 0 saturated carbocycles. The van der Waals surface area contributed by atoms with Gasteiger partial charge in [0.2, 0.25) is 0 Å². The summed E-state index contributed by atoms with van der Waals surface area (Å²) in [4.78, 5) is 0. The quantitative estimate of drug-likeness (QED) is 0.669. The highest BCUT2D eigenvalue weighted by Gasteiger charge is 2.23. The Kier molecular flexibility index (Phi) is 6.67. The third kappa shape index (κ3) is 7.02. The summed E-state index contributed by atoms with van der Waals surface area (Å²) >= 11 is 0. The highest BCUT2D eigenvalue weighted by Crippen LogP contribution is 2.20. The average Bonchev–Trinajstić information content (AvgIpc) is 2.15. The minimum atomic E-state index is -0.182. The van der Waals surface area contributed by atoms with Crippen molar-refractivity contribution < 1.29 is 9.47 Å². The Balaban J connectivity index is 3.67. The molecule has 3 nitrogen and oxygen atoms in total. The fourth-order valence-corrected chi connectivity index (χ4v) is 1.01. The third-order valence-electron chi connectivity index (χ3n) is 3.73. The lowest BCUT2D eigenvalue weighted by molar-refractivity contribution is -0.0748. The van der Waals surface area contributed by atoms with Crippen molar-refractivity contribution in [3.8, 4) is 0 Å². The average molecular weight is 245 g/mol. The fourth-order valence-electron chi connectivity index (χ4n) is 1.01. The van der Waals surface area contributed by atoms with Crippen molar-refractivity contribution in [1.82, 2.24) is 0 Å². The van der Waals surface area contributed by atoms with Crippen molar-refractivity contribution in [2.75, 3.05) is 19.8 Å². The first-order valence-electron chi connectivity index (χ1n) is 6.58. The first-order chi connectivity index (χ1) is 7.57. The van der Waals surface area contributed by atoms with Crippen LogP contribution in [-0.4, -0.2) is 31.0 Å². The summed E-state index contributed by atoms with van der Waals surface area (Å²) in [6.07, 6.45) is 0. The van der Waals surface area contributed by atoms with Gasteiger partial charge in [0, 0.05) is 5.54 Å². The first-order valence-corrected chi connectivity index (χ1v) is 6.58. The summed E-state index contributed by atoms with van der Waals surface area (Å²) < 4.78 is 11.4. The predicted molar refractivity (Wildman–Crippen MR) is 73.1 cm³/mol. The molecule has 0 aliphatic rings. The maximum atomic E-state index is 5.99. The second-order valence-electron chi connectivity index (χ2n) is 6.40. The van der Waals surface area contributed by atoms with Crippen molar-refractivity contribution in [2.24, 2.45) is 17.6 Å². The Morgan fingerprint density at radius 1 is 1.00 bits per heavy atom. The van der Waals surface area contributed by atoms with E-state index in [0.29, 0.717) is 31.7 Å². The number of hydrogen-bond acceptors (Lipinski definition) is 3. The maximum absolute atomic E-state index is 5.99. The van der Waals surface area contributed by atoms with Gasteiger partial charge < -0.3 is 15.2 Å². The largest absolute Gasteiger partial charge is 0.379 e. The van der Waals surface area contributed by atoms with Crippen LogP contribution in [0.2, 0.25) is 0 Å². The van der Waals surface area contributed by atoms with Gasteiger partial charge in [0.25, 0.3) is 0 Å². The molecule has 17 heavy (non-hydrogen) atoms. The molecule has 0 aliphatic heterocycles. The molecular formula is C14H31NO2. The lowest BCUT2D eigenvalue weighted by atomic mass is 9.91. The van der Waals surface area contributed by atoms with E-state index in [1.54, 1.807) is 0 Å². The molecule has 3 heteroatoms. The van der Waals surface area contributed by atoms with Crippen LogP contribution in [0.25, 0.3) is 0 Å². The fraction of sp³-hybridized carbons (Fsp3) is 1.00. The van der Waals surface area contributed by atoms with Crippen molar-refractivity contribution in [3.05, 3.63) is 0 Å². The Labute approximate surface area is 107 Å². The van der Waals surface area contributed by atoms with E-state index in [-0.39, 0.29) is 11.1 Å². The number of nitrogens with two attached hydrogens (primary N) is 1. The summed E-state index contributed by atoms with van der Waals surface area (Å²) in [5.41, 5.74) is 5.73. The van der Waals surface area contributed by atoms with E-state index in [1.807, 2.05) is 13.8 Å². The molecule has 104 valence electrons. The highest BCUT2D eigenvalue weighted by atomic mass is 16.5. The number of hydrogen-bond donors (Lipinski definition) is 1. The summed E-state index contributed by atoms with van der Waals surface area (Å²) in [5.74, 6) is 0.852. The van der Waals surface area contributed by atoms with E-state index in [0.717, 1.165) is 0 Å². The molecule has 1 unspecified atom stereocenters. The van der Waals surface area contributed by atoms with Crippen LogP contribution >= 0.6 is 0 Å². The van der Waals surface area contributed by atoms with E-state index in [2.05, 4.69) is 34.6 Å². The lowest BCUT2D eigenvalue weighted by Gasteiger charge is -2.30. The molecule has 0 fully saturated rings. The monoisotopic (exact) mass is 245 g/mol. The standard InChI is InChI=1S/C14H31NO2/c1-11(2)14(6,7)17-9-8-16-10-12(3)13(4,5)15/h11-12H,8-10,15H2,1-7H3. The summed E-state index contributed by atoms with van der Waals surface area (Å²) in [6, 6.07) is 0. The molecule has 1 atom stereocenters. The zero-order chi connectivity index (χ0) is 13.7. The van der Waals surface area contributed by atoms with Crippen molar-refractivity contribution in [3.63, 3.8) is 0 Å². The van der Waals surface area contributed by atoms with Crippen LogP contribution in [0, 0.1) is 11.8 Å². The zero-order valence-corrected chi connectivity index (χ0v) is 12.7. The van der Waals surface area contributed by atoms with Gasteiger partial charge in [-0.15, -0.1) is 0 Å². The highest BCUT2D eigenvalue weighted by molar-refractivity contribution is 4.78. The molecule has 0 aliphatic carbocycles. The van der Waals surface area contributed by atoms with E-state index in [9.17, 15) is 0 Å². The molecule has 0 aromatic carbocycles. The van der Waals surface area contributed by atoms with Gasteiger partial charge in [-0.1, -0.05) is 20.8 Å². The molecule has 0 amide bonds. The second-order valence-corrected chi connectivity index (χ2v) is 6.40. The predicted octanol–water partition coefficient (Wildman–Crippen LogP) is 2.83. The van der Waals surface area contributed by atoms with Gasteiger partial charge in [-0.05, 0) is 39.5 Å². The zero-order valence-electron chi connectivity index (χ0n) is 12.7. The van der Waals surface area contributed by atoms with E-state index < -0.39 is 0 Å². The first kappa shape index (κ1) is 16.9. The molecule has 0 bridgehead atoms. The van der Waals surface area contributed by atoms with Crippen molar-refractivity contribution >= 4 is 0 Å². The minimum absolute atomic E-state index is 0.0812. The van der Waals surface area contributed by atoms with Crippen LogP contribution in [0.5, 0.6) is 0 Å². The Bertz CT molecular complexity index is 207. The number of ether oxygens (including phenoxy) is 2. The molecule has 0 heterocycles. The Hall–Kier alpha value is -0.120. The molecule has 0 aromatic rings.